The van der Waals surface area contributed by atoms with E-state index in [9.17, 15) is 0 Å². The van der Waals surface area contributed by atoms with Gasteiger partial charge in [-0.1, -0.05) is 12.1 Å². The molecule has 8 heteroatoms. The van der Waals surface area contributed by atoms with Crippen molar-refractivity contribution in [2.24, 2.45) is 0 Å². The minimum absolute atomic E-state index is 0.332. The summed E-state index contributed by atoms with van der Waals surface area (Å²) in [5.74, 6) is 3.12. The average molecular weight is 314 g/mol. The largest absolute Gasteiger partial charge is 0.472 e. The van der Waals surface area contributed by atoms with Crippen LogP contribution < -0.4 is 5.32 Å². The molecule has 1 aliphatic heterocycles. The van der Waals surface area contributed by atoms with Crippen molar-refractivity contribution < 1.29 is 8.94 Å². The number of hydrogen-bond donors (Lipinski definition) is 1. The summed E-state index contributed by atoms with van der Waals surface area (Å²) in [6.45, 7) is 3.44. The Morgan fingerprint density at radius 3 is 3.17 bits per heavy atom. The number of nitrogens with one attached hydrogen (secondary N) is 1. The van der Waals surface area contributed by atoms with E-state index in [2.05, 4.69) is 32.5 Å². The third-order valence-corrected chi connectivity index (χ3v) is 4.01. The molecule has 3 aromatic heterocycles. The van der Waals surface area contributed by atoms with Crippen molar-refractivity contribution in [2.45, 2.75) is 45.3 Å². The summed E-state index contributed by atoms with van der Waals surface area (Å²) >= 11 is 0. The lowest BCUT2D eigenvalue weighted by Crippen LogP contribution is -2.37. The second kappa shape index (κ2) is 5.96. The molecule has 0 bridgehead atoms. The minimum atomic E-state index is 0.332. The van der Waals surface area contributed by atoms with Gasteiger partial charge in [-0.25, -0.2) is 9.67 Å². The summed E-state index contributed by atoms with van der Waals surface area (Å²) in [4.78, 5) is 8.89. The summed E-state index contributed by atoms with van der Waals surface area (Å²) in [6.07, 6.45) is 6.03. The molecule has 0 spiro atoms. The lowest BCUT2D eigenvalue weighted by Gasteiger charge is -2.22. The number of hydrogen-bond acceptors (Lipinski definition) is 7. The number of nitrogens with zero attached hydrogens (tertiary/aromatic N) is 5. The van der Waals surface area contributed by atoms with E-state index in [4.69, 9.17) is 8.94 Å². The maximum absolute atomic E-state index is 5.27. The monoisotopic (exact) mass is 314 g/mol. The summed E-state index contributed by atoms with van der Waals surface area (Å²) in [5, 5.41) is 11.9. The lowest BCUT2D eigenvalue weighted by atomic mass is 10.1. The van der Waals surface area contributed by atoms with Crippen LogP contribution >= 0.6 is 0 Å². The van der Waals surface area contributed by atoms with E-state index < -0.39 is 0 Å². The Morgan fingerprint density at radius 1 is 1.39 bits per heavy atom. The van der Waals surface area contributed by atoms with Crippen LogP contribution in [0.4, 0.5) is 0 Å². The SMILES string of the molecule is CCc1nc2n(n1)C[C@H](NCc1nc(-c3ccoc3)no1)CC2. The van der Waals surface area contributed by atoms with Gasteiger partial charge in [-0.15, -0.1) is 0 Å². The molecule has 0 unspecified atom stereocenters. The first-order valence-electron chi connectivity index (χ1n) is 7.83. The zero-order valence-electron chi connectivity index (χ0n) is 12.9. The number of aromatic nitrogens is 5. The van der Waals surface area contributed by atoms with E-state index >= 15 is 0 Å². The van der Waals surface area contributed by atoms with Crippen molar-refractivity contribution in [1.82, 2.24) is 30.2 Å². The quantitative estimate of drug-likeness (QED) is 0.764. The second-order valence-electron chi connectivity index (χ2n) is 5.62. The number of furan rings is 1. The van der Waals surface area contributed by atoms with Crippen molar-refractivity contribution >= 4 is 0 Å². The molecule has 8 nitrogen and oxygen atoms in total. The van der Waals surface area contributed by atoms with E-state index in [0.29, 0.717) is 24.3 Å². The highest BCUT2D eigenvalue weighted by molar-refractivity contribution is 5.51. The third-order valence-electron chi connectivity index (χ3n) is 4.01. The van der Waals surface area contributed by atoms with Crippen LogP contribution in [0.25, 0.3) is 11.4 Å². The highest BCUT2D eigenvalue weighted by atomic mass is 16.5. The van der Waals surface area contributed by atoms with Gasteiger partial charge in [0.25, 0.3) is 0 Å². The first-order valence-corrected chi connectivity index (χ1v) is 7.83. The van der Waals surface area contributed by atoms with Crippen LogP contribution in [0.2, 0.25) is 0 Å². The Bertz CT molecular complexity index is 776. The molecule has 0 saturated carbocycles. The Morgan fingerprint density at radius 2 is 2.35 bits per heavy atom. The van der Waals surface area contributed by atoms with Crippen LogP contribution in [0.3, 0.4) is 0 Å². The molecule has 23 heavy (non-hydrogen) atoms. The number of aryl methyl sites for hydroxylation is 2. The molecule has 4 rings (SSSR count). The maximum Gasteiger partial charge on any atom is 0.240 e. The van der Waals surface area contributed by atoms with E-state index in [-0.39, 0.29) is 0 Å². The fourth-order valence-electron chi connectivity index (χ4n) is 2.74. The highest BCUT2D eigenvalue weighted by Crippen LogP contribution is 2.17. The van der Waals surface area contributed by atoms with Crippen LogP contribution in [0, 0.1) is 0 Å². The Labute approximate surface area is 132 Å². The molecule has 1 atom stereocenters. The highest BCUT2D eigenvalue weighted by Gasteiger charge is 2.21. The molecule has 0 aliphatic carbocycles. The van der Waals surface area contributed by atoms with E-state index in [1.165, 1.54) is 0 Å². The van der Waals surface area contributed by atoms with Gasteiger partial charge >= 0.3 is 0 Å². The van der Waals surface area contributed by atoms with Gasteiger partial charge in [0, 0.05) is 18.9 Å². The normalized spacial score (nSPS) is 17.3. The van der Waals surface area contributed by atoms with Crippen LogP contribution in [0.5, 0.6) is 0 Å². The second-order valence-corrected chi connectivity index (χ2v) is 5.62. The van der Waals surface area contributed by atoms with E-state index in [1.807, 2.05) is 4.68 Å². The van der Waals surface area contributed by atoms with Crippen LogP contribution in [0.1, 0.15) is 30.9 Å². The van der Waals surface area contributed by atoms with E-state index in [1.54, 1.807) is 18.6 Å². The topological polar surface area (TPSA) is 94.8 Å². The molecule has 0 amide bonds. The molecule has 1 aliphatic rings. The van der Waals surface area contributed by atoms with Gasteiger partial charge in [-0.3, -0.25) is 0 Å². The van der Waals surface area contributed by atoms with Crippen LogP contribution in [-0.2, 0) is 25.9 Å². The van der Waals surface area contributed by atoms with Crippen molar-refractivity contribution in [1.29, 1.82) is 0 Å². The van der Waals surface area contributed by atoms with Crippen LogP contribution in [0.15, 0.2) is 27.5 Å². The third kappa shape index (κ3) is 2.89. The first-order chi connectivity index (χ1) is 11.3. The zero-order valence-corrected chi connectivity index (χ0v) is 12.9. The first kappa shape index (κ1) is 14.1. The lowest BCUT2D eigenvalue weighted by molar-refractivity contribution is 0.320. The standard InChI is InChI=1S/C15H18N6O2/c1-2-12-17-13-4-3-11(8-21(13)19-12)16-7-14-18-15(20-23-14)10-5-6-22-9-10/h5-6,9,11,16H,2-4,7-8H2,1H3/t11-/m1/s1. The fourth-order valence-corrected chi connectivity index (χ4v) is 2.74. The average Bonchev–Trinajstić information content (AvgIpc) is 3.30. The summed E-state index contributed by atoms with van der Waals surface area (Å²) in [5.41, 5.74) is 0.817. The van der Waals surface area contributed by atoms with Crippen molar-refractivity contribution in [3.63, 3.8) is 0 Å². The molecule has 0 radical (unpaired) electrons. The van der Waals surface area contributed by atoms with Crippen molar-refractivity contribution in [3.05, 3.63) is 36.1 Å². The molecule has 0 fully saturated rings. The van der Waals surface area contributed by atoms with Gasteiger partial charge in [0.1, 0.15) is 12.1 Å². The smallest absolute Gasteiger partial charge is 0.240 e. The molecule has 4 heterocycles. The minimum Gasteiger partial charge on any atom is -0.472 e. The summed E-state index contributed by atoms with van der Waals surface area (Å²) < 4.78 is 12.3. The Kier molecular flexibility index (Phi) is 3.66. The van der Waals surface area contributed by atoms with Gasteiger partial charge < -0.3 is 14.3 Å². The Hall–Kier alpha value is -2.48. The molecular weight excluding hydrogens is 296 g/mol. The molecular formula is C15H18N6O2. The molecule has 0 saturated heterocycles. The molecule has 3 aromatic rings. The maximum atomic E-state index is 5.27. The van der Waals surface area contributed by atoms with Crippen molar-refractivity contribution in [2.75, 3.05) is 0 Å². The van der Waals surface area contributed by atoms with Gasteiger partial charge in [0.15, 0.2) is 5.82 Å². The molecule has 1 N–H and O–H groups in total. The summed E-state index contributed by atoms with van der Waals surface area (Å²) in [6, 6.07) is 2.14. The molecule has 120 valence electrons. The van der Waals surface area contributed by atoms with Gasteiger partial charge in [-0.2, -0.15) is 10.1 Å². The zero-order chi connectivity index (χ0) is 15.6. The Balaban J connectivity index is 1.36. The number of fused-ring (bicyclic) bond motifs is 1. The number of rotatable bonds is 5. The van der Waals surface area contributed by atoms with Gasteiger partial charge in [-0.05, 0) is 12.5 Å². The van der Waals surface area contributed by atoms with E-state index in [0.717, 1.165) is 43.0 Å². The fraction of sp³-hybridized carbons (Fsp3) is 0.467. The summed E-state index contributed by atoms with van der Waals surface area (Å²) in [7, 11) is 0. The predicted octanol–water partition coefficient (Wildman–Crippen LogP) is 1.59. The molecule has 0 aromatic carbocycles. The van der Waals surface area contributed by atoms with Gasteiger partial charge in [0.2, 0.25) is 11.7 Å². The van der Waals surface area contributed by atoms with Crippen molar-refractivity contribution in [3.8, 4) is 11.4 Å². The van der Waals surface area contributed by atoms with Gasteiger partial charge in [0.05, 0.1) is 24.9 Å². The van der Waals surface area contributed by atoms with Crippen LogP contribution in [-0.4, -0.2) is 30.9 Å². The predicted molar refractivity (Wildman–Crippen MR) is 80.3 cm³/mol.